The molecule has 0 spiro atoms. The topological polar surface area (TPSA) is 30.7 Å². The van der Waals surface area contributed by atoms with Gasteiger partial charge in [0.25, 0.3) is 0 Å². The molecule has 12 heavy (non-hydrogen) atoms. The third-order valence-corrected chi connectivity index (χ3v) is 1.41. The first kappa shape index (κ1) is 11.0. The molecule has 0 saturated carbocycles. The number of esters is 1. The van der Waals surface area contributed by atoms with Crippen molar-refractivity contribution in [3.8, 4) is 0 Å². The van der Waals surface area contributed by atoms with E-state index < -0.39 is 6.04 Å². The monoisotopic (exact) mass is 169 g/mol. The van der Waals surface area contributed by atoms with Crippen LogP contribution in [0.3, 0.4) is 0 Å². The molecule has 0 aromatic carbocycles. The standard InChI is InChI=1S/C9H15NO2/c1-5-12-9(11)8(10-4)6-7(2)3/h7-8H,5-6H2,1-3H3/t8-/m0/s1. The fourth-order valence-electron chi connectivity index (χ4n) is 0.887. The van der Waals surface area contributed by atoms with Crippen molar-refractivity contribution in [1.29, 1.82) is 0 Å². The Labute approximate surface area is 73.5 Å². The van der Waals surface area contributed by atoms with Crippen molar-refractivity contribution in [1.82, 2.24) is 0 Å². The lowest BCUT2D eigenvalue weighted by Gasteiger charge is -2.06. The maximum atomic E-state index is 11.1. The van der Waals surface area contributed by atoms with Crippen LogP contribution in [0.5, 0.6) is 0 Å². The number of rotatable bonds is 4. The zero-order chi connectivity index (χ0) is 9.56. The normalized spacial score (nSPS) is 12.2. The van der Waals surface area contributed by atoms with Crippen LogP contribution < -0.4 is 0 Å². The molecule has 68 valence electrons. The molecular formula is C9H15NO2. The van der Waals surface area contributed by atoms with Gasteiger partial charge in [-0.05, 0) is 12.8 Å². The van der Waals surface area contributed by atoms with E-state index in [1.54, 1.807) is 6.92 Å². The van der Waals surface area contributed by atoms with Gasteiger partial charge in [0.1, 0.15) is 0 Å². The van der Waals surface area contributed by atoms with E-state index in [0.717, 1.165) is 0 Å². The third-order valence-electron chi connectivity index (χ3n) is 1.41. The Balaban J connectivity index is 3.99. The van der Waals surface area contributed by atoms with Crippen molar-refractivity contribution in [3.05, 3.63) is 11.4 Å². The van der Waals surface area contributed by atoms with Gasteiger partial charge in [0.2, 0.25) is 0 Å². The molecule has 0 aliphatic heterocycles. The van der Waals surface area contributed by atoms with E-state index >= 15 is 0 Å². The van der Waals surface area contributed by atoms with E-state index in [1.165, 1.54) is 0 Å². The van der Waals surface area contributed by atoms with Gasteiger partial charge in [-0.2, -0.15) is 0 Å². The predicted molar refractivity (Wildman–Crippen MR) is 46.5 cm³/mol. The Bertz CT molecular complexity index is 181. The molecule has 0 heterocycles. The second-order valence-corrected chi connectivity index (χ2v) is 3.03. The van der Waals surface area contributed by atoms with Crippen LogP contribution in [0.15, 0.2) is 0 Å². The molecule has 0 aliphatic rings. The molecule has 0 N–H and O–H groups in total. The van der Waals surface area contributed by atoms with Gasteiger partial charge in [0, 0.05) is 6.42 Å². The van der Waals surface area contributed by atoms with Crippen LogP contribution in [0.25, 0.3) is 4.85 Å². The smallest absolute Gasteiger partial charge is 0.390 e. The zero-order valence-electron chi connectivity index (χ0n) is 7.83. The van der Waals surface area contributed by atoms with Crippen LogP contribution >= 0.6 is 0 Å². The minimum Gasteiger partial charge on any atom is -0.460 e. The maximum absolute atomic E-state index is 11.1. The molecule has 0 bridgehead atoms. The molecule has 0 aromatic rings. The Morgan fingerprint density at radius 1 is 1.58 bits per heavy atom. The molecule has 0 saturated heterocycles. The number of hydrogen-bond donors (Lipinski definition) is 0. The van der Waals surface area contributed by atoms with E-state index in [2.05, 4.69) is 4.85 Å². The van der Waals surface area contributed by atoms with Crippen LogP contribution in [0.1, 0.15) is 27.2 Å². The summed E-state index contributed by atoms with van der Waals surface area (Å²) in [5.74, 6) is -0.0327. The lowest BCUT2D eigenvalue weighted by molar-refractivity contribution is -0.143. The van der Waals surface area contributed by atoms with E-state index in [1.807, 2.05) is 13.8 Å². The van der Waals surface area contributed by atoms with Gasteiger partial charge in [-0.25, -0.2) is 11.4 Å². The summed E-state index contributed by atoms with van der Waals surface area (Å²) in [6.07, 6.45) is 0.586. The predicted octanol–water partition coefficient (Wildman–Crippen LogP) is 1.88. The van der Waals surface area contributed by atoms with Crippen molar-refractivity contribution in [2.45, 2.75) is 33.2 Å². The van der Waals surface area contributed by atoms with Gasteiger partial charge in [0.15, 0.2) is 0 Å². The summed E-state index contributed by atoms with van der Waals surface area (Å²) in [5.41, 5.74) is 0. The average Bonchev–Trinajstić information content (AvgIpc) is 2.00. The van der Waals surface area contributed by atoms with Gasteiger partial charge in [-0.1, -0.05) is 13.8 Å². The summed E-state index contributed by atoms with van der Waals surface area (Å²) >= 11 is 0. The molecule has 0 aliphatic carbocycles. The van der Waals surface area contributed by atoms with Crippen molar-refractivity contribution in [2.75, 3.05) is 6.61 Å². The van der Waals surface area contributed by atoms with Crippen LogP contribution in [-0.2, 0) is 9.53 Å². The van der Waals surface area contributed by atoms with Crippen LogP contribution in [0.4, 0.5) is 0 Å². The first-order valence-electron chi connectivity index (χ1n) is 4.15. The Hall–Kier alpha value is -1.04. The van der Waals surface area contributed by atoms with E-state index in [4.69, 9.17) is 11.3 Å². The van der Waals surface area contributed by atoms with Crippen LogP contribution in [-0.4, -0.2) is 18.6 Å². The fraction of sp³-hybridized carbons (Fsp3) is 0.778. The van der Waals surface area contributed by atoms with Crippen molar-refractivity contribution < 1.29 is 9.53 Å². The fourth-order valence-corrected chi connectivity index (χ4v) is 0.887. The van der Waals surface area contributed by atoms with E-state index in [-0.39, 0.29) is 5.97 Å². The molecule has 0 aromatic heterocycles. The third kappa shape index (κ3) is 3.97. The molecule has 0 amide bonds. The van der Waals surface area contributed by atoms with Crippen molar-refractivity contribution in [2.24, 2.45) is 5.92 Å². The van der Waals surface area contributed by atoms with Crippen LogP contribution in [0, 0.1) is 12.5 Å². The minimum absolute atomic E-state index is 0.350. The highest BCUT2D eigenvalue weighted by molar-refractivity contribution is 5.77. The summed E-state index contributed by atoms with van der Waals surface area (Å²) in [6, 6.07) is -0.607. The highest BCUT2D eigenvalue weighted by Gasteiger charge is 2.25. The lowest BCUT2D eigenvalue weighted by atomic mass is 10.0. The number of carbonyl (C=O) groups excluding carboxylic acids is 1. The molecular weight excluding hydrogens is 154 g/mol. The summed E-state index contributed by atoms with van der Waals surface area (Å²) in [6.45, 7) is 12.8. The van der Waals surface area contributed by atoms with Gasteiger partial charge in [0.05, 0.1) is 6.61 Å². The van der Waals surface area contributed by atoms with Gasteiger partial charge in [-0.15, -0.1) is 0 Å². The van der Waals surface area contributed by atoms with Crippen molar-refractivity contribution >= 4 is 5.97 Å². The lowest BCUT2D eigenvalue weighted by Crippen LogP contribution is -2.21. The van der Waals surface area contributed by atoms with Crippen molar-refractivity contribution in [3.63, 3.8) is 0 Å². The highest BCUT2D eigenvalue weighted by atomic mass is 16.5. The molecule has 0 rings (SSSR count). The van der Waals surface area contributed by atoms with Gasteiger partial charge < -0.3 is 9.58 Å². The number of carbonyl (C=O) groups is 1. The van der Waals surface area contributed by atoms with E-state index in [0.29, 0.717) is 18.9 Å². The number of nitrogens with zero attached hydrogens (tertiary/aromatic N) is 1. The average molecular weight is 169 g/mol. The molecule has 3 nitrogen and oxygen atoms in total. The molecule has 0 radical (unpaired) electrons. The first-order valence-corrected chi connectivity index (χ1v) is 4.15. The maximum Gasteiger partial charge on any atom is 0.390 e. The molecule has 0 unspecified atom stereocenters. The largest absolute Gasteiger partial charge is 0.460 e. The zero-order valence-corrected chi connectivity index (χ0v) is 7.83. The van der Waals surface area contributed by atoms with Crippen LogP contribution in [0.2, 0.25) is 0 Å². The Kier molecular flexibility index (Phi) is 5.11. The summed E-state index contributed by atoms with van der Waals surface area (Å²) in [4.78, 5) is 14.3. The molecule has 3 heteroatoms. The summed E-state index contributed by atoms with van der Waals surface area (Å²) < 4.78 is 4.74. The van der Waals surface area contributed by atoms with E-state index in [9.17, 15) is 4.79 Å². The molecule has 1 atom stereocenters. The number of ether oxygens (including phenoxy) is 1. The Morgan fingerprint density at radius 3 is 2.50 bits per heavy atom. The second-order valence-electron chi connectivity index (χ2n) is 3.03. The quantitative estimate of drug-likeness (QED) is 0.475. The Morgan fingerprint density at radius 2 is 2.17 bits per heavy atom. The minimum atomic E-state index is -0.607. The second kappa shape index (κ2) is 5.59. The SMILES string of the molecule is [C-]#[N+][C@@H](CC(C)C)C(=O)OCC. The summed E-state index contributed by atoms with van der Waals surface area (Å²) in [7, 11) is 0. The highest BCUT2D eigenvalue weighted by Crippen LogP contribution is 2.09. The van der Waals surface area contributed by atoms with Gasteiger partial charge >= 0.3 is 12.0 Å². The van der Waals surface area contributed by atoms with Gasteiger partial charge in [-0.3, -0.25) is 0 Å². The first-order chi connectivity index (χ1) is 5.61. The molecule has 0 fully saturated rings. The summed E-state index contributed by atoms with van der Waals surface area (Å²) in [5, 5.41) is 0. The number of hydrogen-bond acceptors (Lipinski definition) is 2.